The van der Waals surface area contributed by atoms with Crippen LogP contribution >= 0.6 is 0 Å². The number of halogens is 1. The van der Waals surface area contributed by atoms with Crippen molar-refractivity contribution in [3.63, 3.8) is 0 Å². The van der Waals surface area contributed by atoms with Crippen molar-refractivity contribution in [3.05, 3.63) is 108 Å². The highest BCUT2D eigenvalue weighted by atomic mass is 19.1. The van der Waals surface area contributed by atoms with E-state index in [-0.39, 0.29) is 29.6 Å². The zero-order chi connectivity index (χ0) is 26.5. The first-order valence-electron chi connectivity index (χ1n) is 12.9. The molecular formula is C31H36FN3O2. The van der Waals surface area contributed by atoms with E-state index in [9.17, 15) is 14.3 Å². The molecule has 1 amide bonds. The molecule has 3 aromatic rings. The van der Waals surface area contributed by atoms with Crippen molar-refractivity contribution in [2.45, 2.75) is 38.9 Å². The molecule has 0 spiro atoms. The number of hydrogen-bond donors (Lipinski definition) is 1. The summed E-state index contributed by atoms with van der Waals surface area (Å²) < 4.78 is 13.5. The summed E-state index contributed by atoms with van der Waals surface area (Å²) in [5.74, 6) is -0.253. The van der Waals surface area contributed by atoms with Gasteiger partial charge in [0.05, 0.1) is 6.04 Å². The number of phenolic OH excluding ortho intramolecular Hbond substituents is 1. The highest BCUT2D eigenvalue weighted by Crippen LogP contribution is 2.35. The molecule has 3 atom stereocenters. The molecule has 0 bridgehead atoms. The van der Waals surface area contributed by atoms with Gasteiger partial charge in [-0.25, -0.2) is 4.39 Å². The van der Waals surface area contributed by atoms with E-state index in [1.54, 1.807) is 23.1 Å². The normalized spacial score (nSPS) is 19.4. The standard InChI is InChI=1S/C31H36FN3O2/c1-5-17-33-20-23(4)35(21-22(33)3)30(25-10-8-12-29(36)19-25)24-9-7-11-26(18-24)31(37)34(6-2)28-15-13-27(32)14-16-28/h5,7-16,18-19,22-23,30,36H,1,6,17,20-21H2,2-4H3/t22-,23+,30-/m1/s1. The quantitative estimate of drug-likeness (QED) is 0.392. The van der Waals surface area contributed by atoms with Crippen LogP contribution < -0.4 is 4.90 Å². The maximum Gasteiger partial charge on any atom is 0.258 e. The Morgan fingerprint density at radius 1 is 1.05 bits per heavy atom. The molecule has 0 aromatic heterocycles. The summed E-state index contributed by atoms with van der Waals surface area (Å²) in [4.78, 5) is 20.1. The van der Waals surface area contributed by atoms with Gasteiger partial charge in [0.1, 0.15) is 11.6 Å². The fraction of sp³-hybridized carbons (Fsp3) is 0.323. The van der Waals surface area contributed by atoms with Crippen molar-refractivity contribution in [1.29, 1.82) is 0 Å². The average Bonchev–Trinajstić information content (AvgIpc) is 2.89. The molecule has 0 radical (unpaired) electrons. The van der Waals surface area contributed by atoms with Crippen LogP contribution in [0.15, 0.2) is 85.5 Å². The minimum Gasteiger partial charge on any atom is -0.508 e. The first-order chi connectivity index (χ1) is 17.8. The molecular weight excluding hydrogens is 465 g/mol. The summed E-state index contributed by atoms with van der Waals surface area (Å²) >= 11 is 0. The third-order valence-corrected chi connectivity index (χ3v) is 7.19. The summed E-state index contributed by atoms with van der Waals surface area (Å²) in [5, 5.41) is 10.3. The molecule has 1 fully saturated rings. The minimum atomic E-state index is -0.334. The van der Waals surface area contributed by atoms with Crippen molar-refractivity contribution in [1.82, 2.24) is 9.80 Å². The zero-order valence-electron chi connectivity index (χ0n) is 21.8. The Morgan fingerprint density at radius 3 is 2.38 bits per heavy atom. The lowest BCUT2D eigenvalue weighted by Crippen LogP contribution is -2.57. The van der Waals surface area contributed by atoms with Crippen LogP contribution in [-0.4, -0.2) is 59.1 Å². The molecule has 0 aliphatic carbocycles. The lowest BCUT2D eigenvalue weighted by atomic mass is 9.92. The van der Waals surface area contributed by atoms with Crippen LogP contribution in [0.4, 0.5) is 10.1 Å². The van der Waals surface area contributed by atoms with Crippen LogP contribution in [0, 0.1) is 5.82 Å². The lowest BCUT2D eigenvalue weighted by Gasteiger charge is -2.47. The summed E-state index contributed by atoms with van der Waals surface area (Å²) in [6.45, 7) is 13.3. The van der Waals surface area contributed by atoms with Crippen LogP contribution in [0.5, 0.6) is 5.75 Å². The maximum absolute atomic E-state index is 13.6. The summed E-state index contributed by atoms with van der Waals surface area (Å²) in [6, 6.07) is 21.6. The second-order valence-electron chi connectivity index (χ2n) is 9.79. The topological polar surface area (TPSA) is 47.0 Å². The third-order valence-electron chi connectivity index (χ3n) is 7.19. The Labute approximate surface area is 219 Å². The van der Waals surface area contributed by atoms with Crippen molar-refractivity contribution in [2.75, 3.05) is 31.1 Å². The van der Waals surface area contributed by atoms with Crippen molar-refractivity contribution < 1.29 is 14.3 Å². The number of amides is 1. The van der Waals surface area contributed by atoms with Gasteiger partial charge in [0.2, 0.25) is 0 Å². The van der Waals surface area contributed by atoms with Gasteiger partial charge in [-0.05, 0) is 80.4 Å². The van der Waals surface area contributed by atoms with Gasteiger partial charge in [0.15, 0.2) is 0 Å². The highest BCUT2D eigenvalue weighted by Gasteiger charge is 2.34. The fourth-order valence-corrected chi connectivity index (χ4v) is 5.34. The number of carbonyl (C=O) groups excluding carboxylic acids is 1. The number of carbonyl (C=O) groups is 1. The van der Waals surface area contributed by atoms with Gasteiger partial charge in [-0.3, -0.25) is 14.6 Å². The smallest absolute Gasteiger partial charge is 0.258 e. The lowest BCUT2D eigenvalue weighted by molar-refractivity contribution is 0.0306. The SMILES string of the molecule is C=CCN1C[C@H](C)N([C@@H](c2cccc(O)c2)c2cccc(C(=O)N(CC)c3ccc(F)cc3)c2)C[C@H]1C. The number of hydrogen-bond acceptors (Lipinski definition) is 4. The van der Waals surface area contributed by atoms with E-state index in [1.165, 1.54) is 12.1 Å². The number of anilines is 1. The molecule has 4 rings (SSSR count). The van der Waals surface area contributed by atoms with Crippen molar-refractivity contribution in [3.8, 4) is 5.75 Å². The molecule has 1 aliphatic heterocycles. The van der Waals surface area contributed by atoms with Gasteiger partial charge in [0, 0.05) is 49.5 Å². The molecule has 5 nitrogen and oxygen atoms in total. The van der Waals surface area contributed by atoms with Crippen LogP contribution in [-0.2, 0) is 0 Å². The maximum atomic E-state index is 13.6. The Balaban J connectivity index is 1.72. The molecule has 1 heterocycles. The molecule has 194 valence electrons. The number of rotatable bonds is 8. The van der Waals surface area contributed by atoms with Gasteiger partial charge >= 0.3 is 0 Å². The van der Waals surface area contributed by atoms with Gasteiger partial charge in [-0.2, -0.15) is 0 Å². The number of phenols is 1. The summed E-state index contributed by atoms with van der Waals surface area (Å²) in [6.07, 6.45) is 1.95. The second-order valence-corrected chi connectivity index (χ2v) is 9.79. The van der Waals surface area contributed by atoms with Gasteiger partial charge in [-0.15, -0.1) is 6.58 Å². The second kappa shape index (κ2) is 11.7. The van der Waals surface area contributed by atoms with Gasteiger partial charge in [0.25, 0.3) is 5.91 Å². The van der Waals surface area contributed by atoms with E-state index in [0.717, 1.165) is 30.8 Å². The molecule has 37 heavy (non-hydrogen) atoms. The third kappa shape index (κ3) is 5.92. The number of piperazine rings is 1. The largest absolute Gasteiger partial charge is 0.508 e. The van der Waals surface area contributed by atoms with Crippen LogP contribution in [0.1, 0.15) is 48.3 Å². The summed E-state index contributed by atoms with van der Waals surface area (Å²) in [7, 11) is 0. The first kappa shape index (κ1) is 26.6. The predicted molar refractivity (Wildman–Crippen MR) is 148 cm³/mol. The fourth-order valence-electron chi connectivity index (χ4n) is 5.34. The Morgan fingerprint density at radius 2 is 1.73 bits per heavy atom. The Hall–Kier alpha value is -3.48. The van der Waals surface area contributed by atoms with Gasteiger partial charge < -0.3 is 10.0 Å². The van der Waals surface area contributed by atoms with E-state index < -0.39 is 0 Å². The molecule has 6 heteroatoms. The van der Waals surface area contributed by atoms with E-state index in [1.807, 2.05) is 55.5 Å². The van der Waals surface area contributed by atoms with Crippen molar-refractivity contribution in [2.24, 2.45) is 0 Å². The highest BCUT2D eigenvalue weighted by molar-refractivity contribution is 6.06. The molecule has 1 saturated heterocycles. The average molecular weight is 502 g/mol. The molecule has 1 N–H and O–H groups in total. The molecule has 1 aliphatic rings. The minimum absolute atomic E-state index is 0.135. The van der Waals surface area contributed by atoms with Crippen LogP contribution in [0.2, 0.25) is 0 Å². The Bertz CT molecular complexity index is 1230. The van der Waals surface area contributed by atoms with Gasteiger partial charge in [-0.1, -0.05) is 30.3 Å². The monoisotopic (exact) mass is 501 g/mol. The van der Waals surface area contributed by atoms with E-state index in [4.69, 9.17) is 0 Å². The van der Waals surface area contributed by atoms with Crippen LogP contribution in [0.25, 0.3) is 0 Å². The zero-order valence-corrected chi connectivity index (χ0v) is 21.8. The van der Waals surface area contributed by atoms with E-state index in [0.29, 0.717) is 23.8 Å². The number of aromatic hydroxyl groups is 1. The summed E-state index contributed by atoms with van der Waals surface area (Å²) in [5.41, 5.74) is 3.19. The predicted octanol–water partition coefficient (Wildman–Crippen LogP) is 5.87. The van der Waals surface area contributed by atoms with E-state index >= 15 is 0 Å². The molecule has 3 aromatic carbocycles. The van der Waals surface area contributed by atoms with Crippen molar-refractivity contribution >= 4 is 11.6 Å². The first-order valence-corrected chi connectivity index (χ1v) is 12.9. The number of benzene rings is 3. The van der Waals surface area contributed by atoms with E-state index in [2.05, 4.69) is 30.2 Å². The molecule has 0 saturated carbocycles. The van der Waals surface area contributed by atoms with Crippen LogP contribution in [0.3, 0.4) is 0 Å². The number of nitrogens with zero attached hydrogens (tertiary/aromatic N) is 3. The molecule has 0 unspecified atom stereocenters. The Kier molecular flexibility index (Phi) is 8.41.